The van der Waals surface area contributed by atoms with Gasteiger partial charge in [-0.05, 0) is 6.42 Å². The lowest BCUT2D eigenvalue weighted by molar-refractivity contribution is -0.0406. The van der Waals surface area contributed by atoms with Crippen molar-refractivity contribution < 1.29 is 18.0 Å². The molecule has 0 aromatic heterocycles. The van der Waals surface area contributed by atoms with Crippen LogP contribution in [-0.4, -0.2) is 36.4 Å². The third-order valence-electron chi connectivity index (χ3n) is 2.14. The molecule has 0 amide bonds. The van der Waals surface area contributed by atoms with E-state index in [1.165, 1.54) is 0 Å². The molecular weight excluding hydrogens is 212 g/mol. The molecular formula is C10H24O4Si. The smallest absolute Gasteiger partial charge is 0.376 e. The standard InChI is InChI=1S/C10H24O4Si/c1-7-8-13-9-14-15(11-5,12-6)10(2,3)4/h7-9H2,1-6H3. The summed E-state index contributed by atoms with van der Waals surface area (Å²) < 4.78 is 21.8. The van der Waals surface area contributed by atoms with Gasteiger partial charge in [0.15, 0.2) is 0 Å². The van der Waals surface area contributed by atoms with E-state index < -0.39 is 8.80 Å². The SMILES string of the molecule is CCCOCO[Si](OC)(OC)C(C)(C)C. The van der Waals surface area contributed by atoms with Crippen LogP contribution >= 0.6 is 0 Å². The summed E-state index contributed by atoms with van der Waals surface area (Å²) in [6.07, 6.45) is 0.980. The second-order valence-corrected chi connectivity index (χ2v) is 8.10. The molecule has 0 saturated carbocycles. The summed E-state index contributed by atoms with van der Waals surface area (Å²) in [5.41, 5.74) is 0. The van der Waals surface area contributed by atoms with Gasteiger partial charge in [0.2, 0.25) is 0 Å². The Morgan fingerprint density at radius 2 is 1.60 bits per heavy atom. The summed E-state index contributed by atoms with van der Waals surface area (Å²) in [5, 5.41) is -0.147. The van der Waals surface area contributed by atoms with Gasteiger partial charge < -0.3 is 18.0 Å². The largest absolute Gasteiger partial charge is 0.507 e. The predicted octanol–water partition coefficient (Wildman–Crippen LogP) is 2.42. The van der Waals surface area contributed by atoms with Crippen molar-refractivity contribution in [3.8, 4) is 0 Å². The first-order valence-corrected chi connectivity index (χ1v) is 6.98. The second-order valence-electron chi connectivity index (χ2n) is 4.38. The highest BCUT2D eigenvalue weighted by molar-refractivity contribution is 6.63. The second kappa shape index (κ2) is 6.60. The van der Waals surface area contributed by atoms with Crippen LogP contribution in [0, 0.1) is 0 Å². The van der Waals surface area contributed by atoms with E-state index in [-0.39, 0.29) is 11.8 Å². The van der Waals surface area contributed by atoms with Crippen molar-refractivity contribution in [3.63, 3.8) is 0 Å². The number of ether oxygens (including phenoxy) is 1. The van der Waals surface area contributed by atoms with Gasteiger partial charge in [-0.25, -0.2) is 0 Å². The van der Waals surface area contributed by atoms with Crippen molar-refractivity contribution in [1.82, 2.24) is 0 Å². The molecule has 0 aromatic carbocycles. The van der Waals surface area contributed by atoms with E-state index >= 15 is 0 Å². The Labute approximate surface area is 94.2 Å². The quantitative estimate of drug-likeness (QED) is 0.386. The van der Waals surface area contributed by atoms with Crippen molar-refractivity contribution in [1.29, 1.82) is 0 Å². The first-order valence-electron chi connectivity index (χ1n) is 5.25. The summed E-state index contributed by atoms with van der Waals surface area (Å²) in [5.74, 6) is 0. The maximum atomic E-state index is 5.67. The van der Waals surface area contributed by atoms with Crippen LogP contribution in [0.25, 0.3) is 0 Å². The fraction of sp³-hybridized carbons (Fsp3) is 1.00. The molecule has 0 aliphatic heterocycles. The van der Waals surface area contributed by atoms with Crippen LogP contribution in [0.5, 0.6) is 0 Å². The fourth-order valence-electron chi connectivity index (χ4n) is 1.35. The Morgan fingerprint density at radius 3 is 1.93 bits per heavy atom. The van der Waals surface area contributed by atoms with Crippen molar-refractivity contribution in [2.75, 3.05) is 27.6 Å². The molecule has 0 spiro atoms. The van der Waals surface area contributed by atoms with E-state index in [1.54, 1.807) is 14.2 Å². The Morgan fingerprint density at radius 1 is 1.07 bits per heavy atom. The molecule has 92 valence electrons. The Hall–Kier alpha value is 0.0569. The minimum atomic E-state index is -2.62. The number of hydrogen-bond donors (Lipinski definition) is 0. The summed E-state index contributed by atoms with van der Waals surface area (Å²) in [6.45, 7) is 9.13. The maximum Gasteiger partial charge on any atom is 0.507 e. The molecule has 0 aliphatic carbocycles. The third-order valence-corrected chi connectivity index (χ3v) is 5.55. The zero-order valence-electron chi connectivity index (χ0n) is 10.8. The molecule has 0 saturated heterocycles. The molecule has 0 aliphatic rings. The van der Waals surface area contributed by atoms with E-state index in [0.29, 0.717) is 6.61 Å². The lowest BCUT2D eigenvalue weighted by atomic mass is 10.3. The summed E-state index contributed by atoms with van der Waals surface area (Å²) in [6, 6.07) is 0. The van der Waals surface area contributed by atoms with E-state index in [4.69, 9.17) is 18.0 Å². The van der Waals surface area contributed by atoms with Crippen LogP contribution in [0.1, 0.15) is 34.1 Å². The van der Waals surface area contributed by atoms with Gasteiger partial charge in [-0.3, -0.25) is 0 Å². The van der Waals surface area contributed by atoms with Crippen molar-refractivity contribution in [2.24, 2.45) is 0 Å². The van der Waals surface area contributed by atoms with Crippen LogP contribution in [0.4, 0.5) is 0 Å². The highest BCUT2D eigenvalue weighted by Gasteiger charge is 2.51. The van der Waals surface area contributed by atoms with Crippen molar-refractivity contribution >= 4 is 8.80 Å². The molecule has 15 heavy (non-hydrogen) atoms. The molecule has 0 atom stereocenters. The predicted molar refractivity (Wildman–Crippen MR) is 61.7 cm³/mol. The fourth-order valence-corrected chi connectivity index (χ4v) is 3.65. The van der Waals surface area contributed by atoms with Crippen molar-refractivity contribution in [3.05, 3.63) is 0 Å². The normalized spacial score (nSPS) is 13.2. The van der Waals surface area contributed by atoms with E-state index in [2.05, 4.69) is 6.92 Å². The van der Waals surface area contributed by atoms with E-state index in [9.17, 15) is 0 Å². The molecule has 0 radical (unpaired) electrons. The highest BCUT2D eigenvalue weighted by Crippen LogP contribution is 2.37. The van der Waals surface area contributed by atoms with Gasteiger partial charge in [0.25, 0.3) is 0 Å². The average Bonchev–Trinajstić information content (AvgIpc) is 2.17. The molecule has 0 bridgehead atoms. The molecule has 0 heterocycles. The molecule has 0 N–H and O–H groups in total. The number of rotatable bonds is 7. The molecule has 0 aromatic rings. The summed E-state index contributed by atoms with van der Waals surface area (Å²) in [4.78, 5) is 0. The highest BCUT2D eigenvalue weighted by atomic mass is 28.4. The van der Waals surface area contributed by atoms with Gasteiger partial charge in [0.1, 0.15) is 6.79 Å². The van der Waals surface area contributed by atoms with Crippen LogP contribution in [0.2, 0.25) is 5.04 Å². The monoisotopic (exact) mass is 236 g/mol. The van der Waals surface area contributed by atoms with Crippen LogP contribution < -0.4 is 0 Å². The van der Waals surface area contributed by atoms with E-state index in [0.717, 1.165) is 6.42 Å². The van der Waals surface area contributed by atoms with Crippen LogP contribution in [0.3, 0.4) is 0 Å². The van der Waals surface area contributed by atoms with Gasteiger partial charge in [0.05, 0.1) is 0 Å². The lowest BCUT2D eigenvalue weighted by Gasteiger charge is -2.36. The lowest BCUT2D eigenvalue weighted by Crippen LogP contribution is -2.52. The molecule has 0 unspecified atom stereocenters. The summed E-state index contributed by atoms with van der Waals surface area (Å²) in [7, 11) is 0.632. The van der Waals surface area contributed by atoms with Crippen molar-refractivity contribution in [2.45, 2.75) is 39.2 Å². The maximum absolute atomic E-state index is 5.67. The first-order chi connectivity index (χ1) is 6.93. The minimum Gasteiger partial charge on any atom is -0.376 e. The van der Waals surface area contributed by atoms with Crippen LogP contribution in [0.15, 0.2) is 0 Å². The first kappa shape index (κ1) is 15.1. The molecule has 0 rings (SSSR count). The van der Waals surface area contributed by atoms with Crippen LogP contribution in [-0.2, 0) is 18.0 Å². The zero-order valence-corrected chi connectivity index (χ0v) is 11.8. The Balaban J connectivity index is 4.26. The average molecular weight is 236 g/mol. The van der Waals surface area contributed by atoms with Gasteiger partial charge in [-0.15, -0.1) is 0 Å². The third kappa shape index (κ3) is 4.20. The Bertz CT molecular complexity index is 163. The molecule has 4 nitrogen and oxygen atoms in total. The topological polar surface area (TPSA) is 36.9 Å². The van der Waals surface area contributed by atoms with Gasteiger partial charge >= 0.3 is 8.80 Å². The van der Waals surface area contributed by atoms with Gasteiger partial charge in [0, 0.05) is 25.9 Å². The Kier molecular flexibility index (Phi) is 6.62. The number of hydrogen-bond acceptors (Lipinski definition) is 4. The zero-order chi connectivity index (χ0) is 11.9. The molecule has 0 fully saturated rings. The summed E-state index contributed by atoms with van der Waals surface area (Å²) >= 11 is 0. The van der Waals surface area contributed by atoms with Gasteiger partial charge in [-0.1, -0.05) is 27.7 Å². The molecule has 5 heteroatoms. The van der Waals surface area contributed by atoms with E-state index in [1.807, 2.05) is 20.8 Å². The minimum absolute atomic E-state index is 0.147. The van der Waals surface area contributed by atoms with Gasteiger partial charge in [-0.2, -0.15) is 0 Å².